The molecule has 0 bridgehead atoms. The van der Waals surface area contributed by atoms with E-state index in [1.165, 1.54) is 0 Å². The highest BCUT2D eigenvalue weighted by atomic mass is 35.5. The Hall–Kier alpha value is -1.53. The van der Waals surface area contributed by atoms with Crippen LogP contribution in [0.3, 0.4) is 0 Å². The van der Waals surface area contributed by atoms with Crippen molar-refractivity contribution in [3.05, 3.63) is 65.1 Å². The van der Waals surface area contributed by atoms with Crippen LogP contribution in [0.1, 0.15) is 17.7 Å². The Labute approximate surface area is 169 Å². The summed E-state index contributed by atoms with van der Waals surface area (Å²) in [6.45, 7) is 3.64. The summed E-state index contributed by atoms with van der Waals surface area (Å²) < 4.78 is 5.94. The molecule has 0 aliphatic rings. The van der Waals surface area contributed by atoms with Gasteiger partial charge in [-0.05, 0) is 49.7 Å². The second-order valence-corrected chi connectivity index (χ2v) is 7.06. The lowest BCUT2D eigenvalue weighted by atomic mass is 10.1. The lowest BCUT2D eigenvalue weighted by molar-refractivity contribution is -0.00000566. The molecule has 26 heavy (non-hydrogen) atoms. The van der Waals surface area contributed by atoms with E-state index in [0.29, 0.717) is 6.54 Å². The molecule has 0 radical (unpaired) electrons. The molecule has 0 saturated carbocycles. The van der Waals surface area contributed by atoms with E-state index in [9.17, 15) is 0 Å². The molecule has 3 aromatic rings. The summed E-state index contributed by atoms with van der Waals surface area (Å²) in [5, 5.41) is 4.99. The normalized spacial score (nSPS) is 10.5. The Bertz CT molecular complexity index is 812. The van der Waals surface area contributed by atoms with E-state index in [4.69, 9.17) is 16.0 Å². The predicted molar refractivity (Wildman–Crippen MR) is 103 cm³/mol. The standard InChI is InChI=1S/C19H20ClN3OS.ClH/c1-14-16(5-2-6-17(14)20)18-8-7-15(24-18)13-21-9-4-12-25-19-22-10-3-11-23-19;/h2-3,5-8,10-11,21H,4,9,12-13H2,1H3;1H/p-1. The van der Waals surface area contributed by atoms with Gasteiger partial charge in [-0.3, -0.25) is 0 Å². The number of aromatic nitrogens is 2. The fraction of sp³-hybridized carbons (Fsp3) is 0.263. The first-order valence-corrected chi connectivity index (χ1v) is 9.55. The smallest absolute Gasteiger partial charge is 0.187 e. The molecule has 0 atom stereocenters. The molecule has 0 unspecified atom stereocenters. The van der Waals surface area contributed by atoms with Crippen molar-refractivity contribution in [1.82, 2.24) is 15.3 Å². The SMILES string of the molecule is Cc1c(Cl)cccc1-c1ccc(CNCCCSc2ncccn2)o1.[Cl-]. The molecule has 0 amide bonds. The van der Waals surface area contributed by atoms with Crippen LogP contribution < -0.4 is 17.7 Å². The lowest BCUT2D eigenvalue weighted by Gasteiger charge is -2.05. The fourth-order valence-corrected chi connectivity index (χ4v) is 3.34. The van der Waals surface area contributed by atoms with Gasteiger partial charge >= 0.3 is 0 Å². The topological polar surface area (TPSA) is 51.0 Å². The third-order valence-electron chi connectivity index (χ3n) is 3.77. The molecule has 2 heterocycles. The number of benzene rings is 1. The summed E-state index contributed by atoms with van der Waals surface area (Å²) in [6.07, 6.45) is 4.58. The van der Waals surface area contributed by atoms with Crippen molar-refractivity contribution in [3.63, 3.8) is 0 Å². The minimum absolute atomic E-state index is 0. The Kier molecular flexibility index (Phi) is 8.45. The maximum Gasteiger partial charge on any atom is 0.187 e. The van der Waals surface area contributed by atoms with Crippen LogP contribution in [0.25, 0.3) is 11.3 Å². The molecule has 7 heteroatoms. The monoisotopic (exact) mass is 408 g/mol. The molecule has 1 aromatic carbocycles. The van der Waals surface area contributed by atoms with Crippen molar-refractivity contribution >= 4 is 23.4 Å². The van der Waals surface area contributed by atoms with Crippen molar-refractivity contribution in [2.75, 3.05) is 12.3 Å². The van der Waals surface area contributed by atoms with Crippen LogP contribution in [-0.4, -0.2) is 22.3 Å². The number of nitrogens with one attached hydrogen (secondary N) is 1. The lowest BCUT2D eigenvalue weighted by Crippen LogP contribution is -3.00. The van der Waals surface area contributed by atoms with E-state index < -0.39 is 0 Å². The summed E-state index contributed by atoms with van der Waals surface area (Å²) >= 11 is 7.85. The number of halogens is 2. The highest BCUT2D eigenvalue weighted by Gasteiger charge is 2.09. The predicted octanol–water partition coefficient (Wildman–Crippen LogP) is 1.97. The number of nitrogens with zero attached hydrogens (tertiary/aromatic N) is 2. The zero-order chi connectivity index (χ0) is 17.5. The van der Waals surface area contributed by atoms with Crippen LogP contribution in [-0.2, 0) is 6.54 Å². The quantitative estimate of drug-likeness (QED) is 0.350. The third-order valence-corrected chi connectivity index (χ3v) is 5.14. The number of thioether (sulfide) groups is 1. The van der Waals surface area contributed by atoms with Gasteiger partial charge in [-0.15, -0.1) is 0 Å². The first-order valence-electron chi connectivity index (χ1n) is 8.19. The number of hydrogen-bond donors (Lipinski definition) is 1. The zero-order valence-corrected chi connectivity index (χ0v) is 16.7. The molecule has 0 saturated heterocycles. The van der Waals surface area contributed by atoms with Crippen molar-refractivity contribution in [2.24, 2.45) is 0 Å². The molecular formula is C19H20Cl2N3OS-. The third kappa shape index (κ3) is 5.74. The molecule has 0 fully saturated rings. The first kappa shape index (κ1) is 20.8. The van der Waals surface area contributed by atoms with Gasteiger partial charge in [0.2, 0.25) is 0 Å². The van der Waals surface area contributed by atoms with E-state index in [-0.39, 0.29) is 12.4 Å². The van der Waals surface area contributed by atoms with Crippen molar-refractivity contribution in [2.45, 2.75) is 25.0 Å². The molecule has 0 aliphatic heterocycles. The van der Waals surface area contributed by atoms with Gasteiger partial charge in [0.25, 0.3) is 0 Å². The fourth-order valence-electron chi connectivity index (χ4n) is 2.42. The summed E-state index contributed by atoms with van der Waals surface area (Å²) in [6, 6.07) is 11.7. The van der Waals surface area contributed by atoms with Crippen molar-refractivity contribution in [3.8, 4) is 11.3 Å². The van der Waals surface area contributed by atoms with E-state index in [1.807, 2.05) is 43.3 Å². The molecule has 0 aliphatic carbocycles. The molecule has 0 spiro atoms. The van der Waals surface area contributed by atoms with E-state index >= 15 is 0 Å². The minimum atomic E-state index is 0. The van der Waals surface area contributed by atoms with Crippen LogP contribution in [0, 0.1) is 6.92 Å². The molecule has 3 rings (SSSR count). The molecule has 1 N–H and O–H groups in total. The molecule has 4 nitrogen and oxygen atoms in total. The van der Waals surface area contributed by atoms with Crippen LogP contribution in [0.5, 0.6) is 0 Å². The van der Waals surface area contributed by atoms with Crippen LogP contribution in [0.2, 0.25) is 5.02 Å². The minimum Gasteiger partial charge on any atom is -1.00 e. The Morgan fingerprint density at radius 2 is 1.92 bits per heavy atom. The van der Waals surface area contributed by atoms with Gasteiger partial charge in [0.15, 0.2) is 5.16 Å². The maximum absolute atomic E-state index is 6.18. The maximum atomic E-state index is 6.18. The van der Waals surface area contributed by atoms with Crippen LogP contribution in [0.15, 0.2) is 58.4 Å². The largest absolute Gasteiger partial charge is 1.00 e. The van der Waals surface area contributed by atoms with Crippen LogP contribution >= 0.6 is 23.4 Å². The van der Waals surface area contributed by atoms with E-state index in [2.05, 4.69) is 15.3 Å². The highest BCUT2D eigenvalue weighted by Crippen LogP contribution is 2.29. The molecule has 2 aromatic heterocycles. The van der Waals surface area contributed by atoms with Gasteiger partial charge in [0.05, 0.1) is 6.54 Å². The number of rotatable bonds is 8. The van der Waals surface area contributed by atoms with Crippen molar-refractivity contribution in [1.29, 1.82) is 0 Å². The zero-order valence-electron chi connectivity index (χ0n) is 14.4. The number of hydrogen-bond acceptors (Lipinski definition) is 5. The Morgan fingerprint density at radius 1 is 1.12 bits per heavy atom. The van der Waals surface area contributed by atoms with Crippen molar-refractivity contribution < 1.29 is 16.8 Å². The van der Waals surface area contributed by atoms with E-state index in [0.717, 1.165) is 51.5 Å². The Balaban J connectivity index is 0.00000243. The second kappa shape index (κ2) is 10.6. The Morgan fingerprint density at radius 3 is 2.73 bits per heavy atom. The molecule has 138 valence electrons. The first-order chi connectivity index (χ1) is 12.2. The van der Waals surface area contributed by atoms with Gasteiger partial charge < -0.3 is 22.1 Å². The van der Waals surface area contributed by atoms with Gasteiger partial charge in [-0.25, -0.2) is 9.97 Å². The van der Waals surface area contributed by atoms with Gasteiger partial charge in [0, 0.05) is 28.7 Å². The summed E-state index contributed by atoms with van der Waals surface area (Å²) in [5.41, 5.74) is 2.08. The summed E-state index contributed by atoms with van der Waals surface area (Å²) in [5.74, 6) is 2.77. The van der Waals surface area contributed by atoms with Gasteiger partial charge in [-0.1, -0.05) is 35.5 Å². The summed E-state index contributed by atoms with van der Waals surface area (Å²) in [4.78, 5) is 8.39. The van der Waals surface area contributed by atoms with E-state index in [1.54, 1.807) is 24.2 Å². The van der Waals surface area contributed by atoms with Gasteiger partial charge in [0.1, 0.15) is 11.5 Å². The highest BCUT2D eigenvalue weighted by molar-refractivity contribution is 7.99. The van der Waals surface area contributed by atoms with Gasteiger partial charge in [-0.2, -0.15) is 0 Å². The molecular weight excluding hydrogens is 389 g/mol. The van der Waals surface area contributed by atoms with Crippen LogP contribution in [0.4, 0.5) is 0 Å². The average molecular weight is 409 g/mol. The second-order valence-electron chi connectivity index (χ2n) is 5.59. The number of furan rings is 1. The average Bonchev–Trinajstić information content (AvgIpc) is 3.10. The summed E-state index contributed by atoms with van der Waals surface area (Å²) in [7, 11) is 0.